The van der Waals surface area contributed by atoms with Crippen LogP contribution in [0.2, 0.25) is 0 Å². The van der Waals surface area contributed by atoms with Crippen LogP contribution < -0.4 is 15.0 Å². The van der Waals surface area contributed by atoms with Gasteiger partial charge < -0.3 is 19.7 Å². The van der Waals surface area contributed by atoms with Crippen LogP contribution in [-0.2, 0) is 4.74 Å². The lowest BCUT2D eigenvalue weighted by molar-refractivity contribution is 0.0936. The fraction of sp³-hybridized carbons (Fsp3) is 0.478. The Morgan fingerprint density at radius 1 is 1.17 bits per heavy atom. The van der Waals surface area contributed by atoms with Crippen molar-refractivity contribution in [3.05, 3.63) is 53.7 Å². The highest BCUT2D eigenvalue weighted by Crippen LogP contribution is 2.27. The van der Waals surface area contributed by atoms with E-state index in [1.165, 1.54) is 12.8 Å². The molecule has 2 saturated heterocycles. The molecular formula is C23H30N4O3. The third kappa shape index (κ3) is 4.74. The molecule has 2 fully saturated rings. The van der Waals surface area contributed by atoms with Gasteiger partial charge in [0.05, 0.1) is 31.9 Å². The molecule has 1 amide bonds. The fourth-order valence-electron chi connectivity index (χ4n) is 4.25. The summed E-state index contributed by atoms with van der Waals surface area (Å²) in [5.41, 5.74) is 1.78. The van der Waals surface area contributed by atoms with Gasteiger partial charge in [-0.05, 0) is 55.8 Å². The Kier molecular flexibility index (Phi) is 6.81. The molecule has 0 spiro atoms. The van der Waals surface area contributed by atoms with Crippen molar-refractivity contribution in [3.63, 3.8) is 0 Å². The molecule has 4 rings (SSSR count). The van der Waals surface area contributed by atoms with Gasteiger partial charge in [-0.25, -0.2) is 4.98 Å². The standard InChI is InChI=1S/C23H30N4O3/c1-29-19-7-4-6-18(16-19)21(26-10-2-3-11-26)17-25-23(28)20-8-5-9-24-22(20)27-12-14-30-15-13-27/h4-9,16,21H,2-3,10-15,17H2,1H3,(H,25,28). The second-order valence-corrected chi connectivity index (χ2v) is 7.72. The van der Waals surface area contributed by atoms with Crippen molar-refractivity contribution in [1.82, 2.24) is 15.2 Å². The number of carbonyl (C=O) groups is 1. The fourth-order valence-corrected chi connectivity index (χ4v) is 4.25. The lowest BCUT2D eigenvalue weighted by Crippen LogP contribution is -2.40. The molecule has 0 bridgehead atoms. The third-order valence-electron chi connectivity index (χ3n) is 5.86. The number of methoxy groups -OCH3 is 1. The molecule has 30 heavy (non-hydrogen) atoms. The number of aromatic nitrogens is 1. The number of hydrogen-bond donors (Lipinski definition) is 1. The summed E-state index contributed by atoms with van der Waals surface area (Å²) in [6, 6.07) is 11.9. The highest BCUT2D eigenvalue weighted by Gasteiger charge is 2.26. The van der Waals surface area contributed by atoms with E-state index in [1.807, 2.05) is 24.3 Å². The van der Waals surface area contributed by atoms with Gasteiger partial charge in [0.15, 0.2) is 0 Å². The van der Waals surface area contributed by atoms with Crippen molar-refractivity contribution in [2.24, 2.45) is 0 Å². The van der Waals surface area contributed by atoms with Crippen molar-refractivity contribution in [3.8, 4) is 5.75 Å². The van der Waals surface area contributed by atoms with Crippen molar-refractivity contribution in [2.45, 2.75) is 18.9 Å². The zero-order valence-corrected chi connectivity index (χ0v) is 17.5. The number of morpholine rings is 1. The van der Waals surface area contributed by atoms with E-state index < -0.39 is 0 Å². The molecule has 2 aliphatic rings. The summed E-state index contributed by atoms with van der Waals surface area (Å²) >= 11 is 0. The first kappa shape index (κ1) is 20.6. The number of likely N-dealkylation sites (tertiary alicyclic amines) is 1. The van der Waals surface area contributed by atoms with E-state index in [0.29, 0.717) is 25.3 Å². The van der Waals surface area contributed by atoms with Crippen LogP contribution in [-0.4, -0.2) is 68.8 Å². The summed E-state index contributed by atoms with van der Waals surface area (Å²) < 4.78 is 10.9. The van der Waals surface area contributed by atoms with Gasteiger partial charge in [-0.1, -0.05) is 12.1 Å². The molecule has 1 aromatic carbocycles. The molecule has 0 radical (unpaired) electrons. The lowest BCUT2D eigenvalue weighted by Gasteiger charge is -2.30. The predicted octanol–water partition coefficient (Wildman–Crippen LogP) is 2.49. The van der Waals surface area contributed by atoms with Crippen LogP contribution in [0.4, 0.5) is 5.82 Å². The molecule has 1 N–H and O–H groups in total. The Hall–Kier alpha value is -2.64. The van der Waals surface area contributed by atoms with Crippen molar-refractivity contribution >= 4 is 11.7 Å². The van der Waals surface area contributed by atoms with Gasteiger partial charge >= 0.3 is 0 Å². The van der Waals surface area contributed by atoms with Gasteiger partial charge in [-0.2, -0.15) is 0 Å². The Labute approximate surface area is 178 Å². The van der Waals surface area contributed by atoms with Crippen LogP contribution in [0.25, 0.3) is 0 Å². The van der Waals surface area contributed by atoms with Crippen LogP contribution in [0.15, 0.2) is 42.6 Å². The van der Waals surface area contributed by atoms with Gasteiger partial charge in [0, 0.05) is 25.8 Å². The van der Waals surface area contributed by atoms with Crippen LogP contribution in [0.5, 0.6) is 5.75 Å². The average Bonchev–Trinajstić information content (AvgIpc) is 3.34. The molecule has 3 heterocycles. The molecule has 160 valence electrons. The quantitative estimate of drug-likeness (QED) is 0.757. The highest BCUT2D eigenvalue weighted by molar-refractivity contribution is 5.98. The summed E-state index contributed by atoms with van der Waals surface area (Å²) in [6.07, 6.45) is 4.13. The molecule has 0 saturated carbocycles. The van der Waals surface area contributed by atoms with Crippen LogP contribution in [0.1, 0.15) is 34.8 Å². The minimum absolute atomic E-state index is 0.0864. The molecule has 1 unspecified atom stereocenters. The van der Waals surface area contributed by atoms with E-state index in [9.17, 15) is 4.79 Å². The summed E-state index contributed by atoms with van der Waals surface area (Å²) in [5.74, 6) is 1.49. The minimum atomic E-state index is -0.0864. The van der Waals surface area contributed by atoms with Crippen molar-refractivity contribution in [1.29, 1.82) is 0 Å². The topological polar surface area (TPSA) is 66.9 Å². The first-order valence-corrected chi connectivity index (χ1v) is 10.7. The highest BCUT2D eigenvalue weighted by atomic mass is 16.5. The second-order valence-electron chi connectivity index (χ2n) is 7.72. The molecular weight excluding hydrogens is 380 g/mol. The van der Waals surface area contributed by atoms with Gasteiger partial charge in [-0.15, -0.1) is 0 Å². The summed E-state index contributed by atoms with van der Waals surface area (Å²) in [5, 5.41) is 3.17. The number of rotatable bonds is 7. The number of amides is 1. The maximum atomic E-state index is 13.1. The summed E-state index contributed by atoms with van der Waals surface area (Å²) in [4.78, 5) is 22.2. The number of nitrogens with zero attached hydrogens (tertiary/aromatic N) is 3. The summed E-state index contributed by atoms with van der Waals surface area (Å²) in [6.45, 7) is 5.45. The normalized spacial score (nSPS) is 18.2. The number of benzene rings is 1. The average molecular weight is 411 g/mol. The zero-order chi connectivity index (χ0) is 20.8. The molecule has 1 atom stereocenters. The monoisotopic (exact) mass is 410 g/mol. The van der Waals surface area contributed by atoms with E-state index in [0.717, 1.165) is 43.3 Å². The molecule has 1 aromatic heterocycles. The van der Waals surface area contributed by atoms with E-state index in [2.05, 4.69) is 32.2 Å². The Morgan fingerprint density at radius 3 is 2.73 bits per heavy atom. The molecule has 7 nitrogen and oxygen atoms in total. The Bertz CT molecular complexity index is 848. The minimum Gasteiger partial charge on any atom is -0.497 e. The zero-order valence-electron chi connectivity index (χ0n) is 17.5. The second kappa shape index (κ2) is 9.91. The maximum Gasteiger partial charge on any atom is 0.255 e. The van der Waals surface area contributed by atoms with E-state index in [4.69, 9.17) is 9.47 Å². The van der Waals surface area contributed by atoms with Gasteiger partial charge in [0.25, 0.3) is 5.91 Å². The van der Waals surface area contributed by atoms with Gasteiger partial charge in [0.1, 0.15) is 11.6 Å². The Morgan fingerprint density at radius 2 is 1.97 bits per heavy atom. The molecule has 7 heteroatoms. The number of anilines is 1. The van der Waals surface area contributed by atoms with E-state index >= 15 is 0 Å². The van der Waals surface area contributed by atoms with Crippen LogP contribution in [0.3, 0.4) is 0 Å². The lowest BCUT2D eigenvalue weighted by atomic mass is 10.0. The largest absolute Gasteiger partial charge is 0.497 e. The first-order valence-electron chi connectivity index (χ1n) is 10.7. The number of ether oxygens (including phenoxy) is 2. The van der Waals surface area contributed by atoms with E-state index in [-0.39, 0.29) is 11.9 Å². The van der Waals surface area contributed by atoms with Crippen LogP contribution >= 0.6 is 0 Å². The third-order valence-corrected chi connectivity index (χ3v) is 5.86. The number of nitrogens with one attached hydrogen (secondary N) is 1. The van der Waals surface area contributed by atoms with Gasteiger partial charge in [-0.3, -0.25) is 9.69 Å². The first-order chi connectivity index (χ1) is 14.8. The predicted molar refractivity (Wildman–Crippen MR) is 116 cm³/mol. The van der Waals surface area contributed by atoms with Gasteiger partial charge in [0.2, 0.25) is 0 Å². The maximum absolute atomic E-state index is 13.1. The Balaban J connectivity index is 1.50. The SMILES string of the molecule is COc1cccc(C(CNC(=O)c2cccnc2N2CCOCC2)N2CCCC2)c1. The molecule has 2 aromatic rings. The van der Waals surface area contributed by atoms with E-state index in [1.54, 1.807) is 13.3 Å². The number of pyridine rings is 1. The molecule has 0 aliphatic carbocycles. The van der Waals surface area contributed by atoms with Crippen molar-refractivity contribution in [2.75, 3.05) is 57.9 Å². The summed E-state index contributed by atoms with van der Waals surface area (Å²) in [7, 11) is 1.68. The smallest absolute Gasteiger partial charge is 0.255 e. The van der Waals surface area contributed by atoms with Crippen LogP contribution in [0, 0.1) is 0 Å². The number of carbonyl (C=O) groups excluding carboxylic acids is 1. The molecule has 2 aliphatic heterocycles. The number of hydrogen-bond acceptors (Lipinski definition) is 6. The van der Waals surface area contributed by atoms with Crippen molar-refractivity contribution < 1.29 is 14.3 Å².